The van der Waals surface area contributed by atoms with E-state index >= 15 is 0 Å². The largest absolute Gasteiger partial charge is 0.484 e. The van der Waals surface area contributed by atoms with E-state index in [2.05, 4.69) is 10.6 Å². The molecule has 0 unspecified atom stereocenters. The maximum Gasteiger partial charge on any atom is 0.261 e. The van der Waals surface area contributed by atoms with Crippen molar-refractivity contribution in [3.8, 4) is 5.75 Å². The molecule has 2 aromatic rings. The van der Waals surface area contributed by atoms with Crippen LogP contribution in [0.3, 0.4) is 0 Å². The smallest absolute Gasteiger partial charge is 0.261 e. The van der Waals surface area contributed by atoms with Crippen LogP contribution in [0, 0.1) is 0 Å². The Hall–Kier alpha value is -3.39. The molecular weight excluding hydrogens is 422 g/mol. The molecule has 2 N–H and O–H groups in total. The standard InChI is InChI=1S/C22H22ClN3O5/c1-13(2)26-21(29)17-8-3-14(11-18(17)22(26)30)20(28)25-10-9-24-19(27)12-31-16-6-4-15(23)5-7-16/h3-8,11,13H,9-10,12H2,1-2H3,(H,24,27)(H,25,28). The van der Waals surface area contributed by atoms with Crippen LogP contribution in [-0.4, -0.2) is 54.3 Å². The number of nitrogens with zero attached hydrogens (tertiary/aromatic N) is 1. The third kappa shape index (κ3) is 5.21. The van der Waals surface area contributed by atoms with Crippen molar-refractivity contribution in [2.75, 3.05) is 19.7 Å². The van der Waals surface area contributed by atoms with Crippen LogP contribution in [0.2, 0.25) is 5.02 Å². The molecule has 2 aromatic carbocycles. The fourth-order valence-corrected chi connectivity index (χ4v) is 3.21. The lowest BCUT2D eigenvalue weighted by Crippen LogP contribution is -2.36. The first-order valence-corrected chi connectivity index (χ1v) is 10.1. The van der Waals surface area contributed by atoms with E-state index in [0.29, 0.717) is 16.3 Å². The number of nitrogens with one attached hydrogen (secondary N) is 2. The van der Waals surface area contributed by atoms with Gasteiger partial charge in [-0.1, -0.05) is 11.6 Å². The third-order valence-corrected chi connectivity index (χ3v) is 4.86. The molecule has 31 heavy (non-hydrogen) atoms. The topological polar surface area (TPSA) is 105 Å². The summed E-state index contributed by atoms with van der Waals surface area (Å²) in [5, 5.41) is 5.87. The van der Waals surface area contributed by atoms with Gasteiger partial charge in [0.15, 0.2) is 6.61 Å². The van der Waals surface area contributed by atoms with Gasteiger partial charge in [0.05, 0.1) is 11.1 Å². The van der Waals surface area contributed by atoms with Gasteiger partial charge in [-0.25, -0.2) is 0 Å². The Kier molecular flexibility index (Phi) is 6.91. The summed E-state index contributed by atoms with van der Waals surface area (Å²) in [4.78, 5) is 50.1. The summed E-state index contributed by atoms with van der Waals surface area (Å²) in [5.41, 5.74) is 0.783. The van der Waals surface area contributed by atoms with Crippen molar-refractivity contribution in [1.82, 2.24) is 15.5 Å². The van der Waals surface area contributed by atoms with E-state index < -0.39 is 11.8 Å². The van der Waals surface area contributed by atoms with Crippen molar-refractivity contribution in [3.05, 3.63) is 64.2 Å². The predicted octanol–water partition coefficient (Wildman–Crippen LogP) is 2.27. The number of benzene rings is 2. The first kappa shape index (κ1) is 22.3. The first-order valence-electron chi connectivity index (χ1n) is 9.73. The van der Waals surface area contributed by atoms with Crippen LogP contribution >= 0.6 is 11.6 Å². The van der Waals surface area contributed by atoms with Gasteiger partial charge in [-0.3, -0.25) is 24.1 Å². The molecule has 0 saturated carbocycles. The number of rotatable bonds is 8. The fourth-order valence-electron chi connectivity index (χ4n) is 3.08. The van der Waals surface area contributed by atoms with E-state index in [-0.39, 0.29) is 48.7 Å². The lowest BCUT2D eigenvalue weighted by molar-refractivity contribution is -0.123. The van der Waals surface area contributed by atoms with Crippen molar-refractivity contribution < 1.29 is 23.9 Å². The molecule has 0 bridgehead atoms. The highest BCUT2D eigenvalue weighted by Gasteiger charge is 2.37. The Balaban J connectivity index is 1.45. The van der Waals surface area contributed by atoms with E-state index in [1.807, 2.05) is 0 Å². The molecule has 1 aliphatic heterocycles. The lowest BCUT2D eigenvalue weighted by Gasteiger charge is -2.17. The summed E-state index contributed by atoms with van der Waals surface area (Å²) >= 11 is 5.79. The first-order chi connectivity index (χ1) is 14.8. The second-order valence-electron chi connectivity index (χ2n) is 7.18. The highest BCUT2D eigenvalue weighted by atomic mass is 35.5. The summed E-state index contributed by atoms with van der Waals surface area (Å²) in [6.07, 6.45) is 0. The quantitative estimate of drug-likeness (QED) is 0.481. The van der Waals surface area contributed by atoms with Crippen molar-refractivity contribution >= 4 is 35.2 Å². The molecule has 1 aliphatic rings. The molecule has 162 valence electrons. The van der Waals surface area contributed by atoms with Gasteiger partial charge in [-0.15, -0.1) is 0 Å². The summed E-state index contributed by atoms with van der Waals surface area (Å²) in [6.45, 7) is 3.74. The van der Waals surface area contributed by atoms with Gasteiger partial charge in [-0.05, 0) is 56.3 Å². The second-order valence-corrected chi connectivity index (χ2v) is 7.62. The van der Waals surface area contributed by atoms with Crippen LogP contribution in [0.4, 0.5) is 0 Å². The van der Waals surface area contributed by atoms with Crippen molar-refractivity contribution in [3.63, 3.8) is 0 Å². The van der Waals surface area contributed by atoms with Crippen LogP contribution in [-0.2, 0) is 4.79 Å². The van der Waals surface area contributed by atoms with Crippen molar-refractivity contribution in [2.45, 2.75) is 19.9 Å². The molecule has 9 heteroatoms. The molecule has 0 aromatic heterocycles. The average molecular weight is 444 g/mol. The summed E-state index contributed by atoms with van der Waals surface area (Å²) in [6, 6.07) is 10.8. The minimum Gasteiger partial charge on any atom is -0.484 e. The van der Waals surface area contributed by atoms with Crippen molar-refractivity contribution in [1.29, 1.82) is 0 Å². The zero-order valence-electron chi connectivity index (χ0n) is 17.1. The summed E-state index contributed by atoms with van der Waals surface area (Å²) < 4.78 is 5.34. The highest BCUT2D eigenvalue weighted by Crippen LogP contribution is 2.25. The average Bonchev–Trinajstić information content (AvgIpc) is 3.00. The van der Waals surface area contributed by atoms with E-state index in [1.165, 1.54) is 23.1 Å². The Morgan fingerprint density at radius 2 is 1.61 bits per heavy atom. The van der Waals surface area contributed by atoms with Crippen LogP contribution in [0.15, 0.2) is 42.5 Å². The fraction of sp³-hybridized carbons (Fsp3) is 0.273. The van der Waals surface area contributed by atoms with E-state index in [0.717, 1.165) is 0 Å². The Morgan fingerprint density at radius 3 is 2.29 bits per heavy atom. The van der Waals surface area contributed by atoms with E-state index in [1.54, 1.807) is 38.1 Å². The minimum absolute atomic E-state index is 0.164. The Bertz CT molecular complexity index is 1020. The van der Waals surface area contributed by atoms with Gasteiger partial charge in [0, 0.05) is 29.7 Å². The number of ether oxygens (including phenoxy) is 1. The number of amides is 4. The Labute approximate surface area is 184 Å². The zero-order valence-corrected chi connectivity index (χ0v) is 17.9. The highest BCUT2D eigenvalue weighted by molar-refractivity contribution is 6.30. The summed E-state index contributed by atoms with van der Waals surface area (Å²) in [5.74, 6) is -0.978. The molecule has 0 radical (unpaired) electrons. The molecule has 0 fully saturated rings. The number of hydrogen-bond acceptors (Lipinski definition) is 5. The van der Waals surface area contributed by atoms with Gasteiger partial charge in [0.1, 0.15) is 5.75 Å². The predicted molar refractivity (Wildman–Crippen MR) is 114 cm³/mol. The second kappa shape index (κ2) is 9.61. The van der Waals surface area contributed by atoms with Gasteiger partial charge < -0.3 is 15.4 Å². The molecule has 0 atom stereocenters. The number of carbonyl (C=O) groups is 4. The minimum atomic E-state index is -0.405. The zero-order chi connectivity index (χ0) is 22.5. The molecule has 4 amide bonds. The van der Waals surface area contributed by atoms with Crippen LogP contribution < -0.4 is 15.4 Å². The molecule has 0 aliphatic carbocycles. The molecular formula is C22H22ClN3O5. The molecule has 1 heterocycles. The van der Waals surface area contributed by atoms with Crippen molar-refractivity contribution in [2.24, 2.45) is 0 Å². The molecule has 3 rings (SSSR count). The van der Waals surface area contributed by atoms with Gasteiger partial charge >= 0.3 is 0 Å². The third-order valence-electron chi connectivity index (χ3n) is 4.61. The normalized spacial score (nSPS) is 12.7. The number of imide groups is 1. The number of halogens is 1. The van der Waals surface area contributed by atoms with Crippen LogP contribution in [0.5, 0.6) is 5.75 Å². The number of carbonyl (C=O) groups excluding carboxylic acids is 4. The maximum atomic E-state index is 12.4. The lowest BCUT2D eigenvalue weighted by atomic mass is 10.1. The molecule has 0 spiro atoms. The number of hydrogen-bond donors (Lipinski definition) is 2. The molecule has 0 saturated heterocycles. The monoisotopic (exact) mass is 443 g/mol. The van der Waals surface area contributed by atoms with E-state index in [9.17, 15) is 19.2 Å². The van der Waals surface area contributed by atoms with Gasteiger partial charge in [-0.2, -0.15) is 0 Å². The van der Waals surface area contributed by atoms with Gasteiger partial charge in [0.2, 0.25) is 0 Å². The van der Waals surface area contributed by atoms with Crippen LogP contribution in [0.1, 0.15) is 44.9 Å². The molecule has 8 nitrogen and oxygen atoms in total. The number of fused-ring (bicyclic) bond motifs is 1. The SMILES string of the molecule is CC(C)N1C(=O)c2ccc(C(=O)NCCNC(=O)COc3ccc(Cl)cc3)cc2C1=O. The van der Waals surface area contributed by atoms with Gasteiger partial charge in [0.25, 0.3) is 23.6 Å². The maximum absolute atomic E-state index is 12.4. The van der Waals surface area contributed by atoms with E-state index in [4.69, 9.17) is 16.3 Å². The van der Waals surface area contributed by atoms with Crippen LogP contribution in [0.25, 0.3) is 0 Å². The summed E-state index contributed by atoms with van der Waals surface area (Å²) in [7, 11) is 0. The Morgan fingerprint density at radius 1 is 0.968 bits per heavy atom.